The molecule has 32 heavy (non-hydrogen) atoms. The van der Waals surface area contributed by atoms with Gasteiger partial charge in [0.1, 0.15) is 12.4 Å². The molecule has 3 aromatic rings. The van der Waals surface area contributed by atoms with E-state index in [4.69, 9.17) is 27.9 Å². The molecule has 0 radical (unpaired) electrons. The highest BCUT2D eigenvalue weighted by Gasteiger charge is 2.34. The Morgan fingerprint density at radius 3 is 2.50 bits per heavy atom. The van der Waals surface area contributed by atoms with Crippen molar-refractivity contribution in [2.45, 2.75) is 20.1 Å². The number of nitrogens with zero attached hydrogens (tertiary/aromatic N) is 1. The van der Waals surface area contributed by atoms with Crippen LogP contribution in [0.4, 0.5) is 4.79 Å². The maximum Gasteiger partial charge on any atom is 0.293 e. The van der Waals surface area contributed by atoms with Gasteiger partial charge in [-0.3, -0.25) is 14.5 Å². The monoisotopic (exact) mass is 483 g/mol. The number of thioether (sulfide) groups is 1. The number of hydrogen-bond acceptors (Lipinski definition) is 4. The number of rotatable bonds is 6. The van der Waals surface area contributed by atoms with Crippen molar-refractivity contribution >= 4 is 52.2 Å². The van der Waals surface area contributed by atoms with E-state index in [0.717, 1.165) is 34.0 Å². The molecule has 7 heteroatoms. The highest BCUT2D eigenvalue weighted by atomic mass is 35.5. The summed E-state index contributed by atoms with van der Waals surface area (Å²) in [6, 6.07) is 20.4. The van der Waals surface area contributed by atoms with Gasteiger partial charge in [0.15, 0.2) is 0 Å². The fourth-order valence-electron chi connectivity index (χ4n) is 3.24. The molecular formula is C25H19Cl2NO3S. The Morgan fingerprint density at radius 2 is 1.78 bits per heavy atom. The quantitative estimate of drug-likeness (QED) is 0.350. The summed E-state index contributed by atoms with van der Waals surface area (Å²) in [6.07, 6.45) is 1.72. The summed E-state index contributed by atoms with van der Waals surface area (Å²) in [5.74, 6) is 0.389. The van der Waals surface area contributed by atoms with Crippen LogP contribution < -0.4 is 4.74 Å². The average Bonchev–Trinajstić information content (AvgIpc) is 3.01. The number of benzene rings is 3. The van der Waals surface area contributed by atoms with Crippen molar-refractivity contribution in [2.75, 3.05) is 0 Å². The topological polar surface area (TPSA) is 46.6 Å². The molecule has 0 N–H and O–H groups in total. The Bertz CT molecular complexity index is 1210. The van der Waals surface area contributed by atoms with Gasteiger partial charge in [0, 0.05) is 15.6 Å². The lowest BCUT2D eigenvalue weighted by atomic mass is 10.1. The van der Waals surface area contributed by atoms with Gasteiger partial charge in [-0.05, 0) is 60.2 Å². The second kappa shape index (κ2) is 9.82. The van der Waals surface area contributed by atoms with Crippen molar-refractivity contribution in [3.8, 4) is 5.75 Å². The molecule has 0 bridgehead atoms. The van der Waals surface area contributed by atoms with Crippen LogP contribution in [-0.2, 0) is 17.9 Å². The zero-order valence-corrected chi connectivity index (χ0v) is 19.5. The van der Waals surface area contributed by atoms with E-state index in [0.29, 0.717) is 27.3 Å². The van der Waals surface area contributed by atoms with Gasteiger partial charge in [-0.15, -0.1) is 0 Å². The van der Waals surface area contributed by atoms with Crippen LogP contribution in [0.25, 0.3) is 6.08 Å². The first kappa shape index (κ1) is 22.5. The molecule has 2 amide bonds. The van der Waals surface area contributed by atoms with Crippen LogP contribution in [0.3, 0.4) is 0 Å². The third-order valence-electron chi connectivity index (χ3n) is 4.88. The second-order valence-corrected chi connectivity index (χ2v) is 9.19. The van der Waals surface area contributed by atoms with Crippen LogP contribution in [0.15, 0.2) is 71.6 Å². The lowest BCUT2D eigenvalue weighted by Crippen LogP contribution is -2.27. The summed E-state index contributed by atoms with van der Waals surface area (Å²) < 4.78 is 5.79. The molecule has 0 atom stereocenters. The van der Waals surface area contributed by atoms with Crippen LogP contribution in [0, 0.1) is 6.92 Å². The van der Waals surface area contributed by atoms with Gasteiger partial charge in [-0.25, -0.2) is 0 Å². The van der Waals surface area contributed by atoms with Crippen LogP contribution in [0.2, 0.25) is 10.0 Å². The predicted molar refractivity (Wildman–Crippen MR) is 130 cm³/mol. The highest BCUT2D eigenvalue weighted by Crippen LogP contribution is 2.33. The molecule has 1 heterocycles. The number of ether oxygens (including phenoxy) is 1. The molecule has 0 aliphatic carbocycles. The van der Waals surface area contributed by atoms with Gasteiger partial charge >= 0.3 is 0 Å². The van der Waals surface area contributed by atoms with E-state index in [9.17, 15) is 9.59 Å². The second-order valence-electron chi connectivity index (χ2n) is 7.35. The van der Waals surface area contributed by atoms with Crippen molar-refractivity contribution in [2.24, 2.45) is 0 Å². The molecule has 4 rings (SSSR count). The number of carbonyl (C=O) groups excluding carboxylic acids is 2. The van der Waals surface area contributed by atoms with Gasteiger partial charge in [-0.2, -0.15) is 0 Å². The van der Waals surface area contributed by atoms with E-state index in [1.54, 1.807) is 18.2 Å². The number of hydrogen-bond donors (Lipinski definition) is 0. The fraction of sp³-hybridized carbons (Fsp3) is 0.120. The van der Waals surface area contributed by atoms with Crippen LogP contribution in [0.1, 0.15) is 22.3 Å². The molecule has 162 valence electrons. The minimum atomic E-state index is -0.279. The number of carbonyl (C=O) groups is 2. The maximum absolute atomic E-state index is 12.8. The highest BCUT2D eigenvalue weighted by molar-refractivity contribution is 8.18. The SMILES string of the molecule is Cc1cccc(CN2C(=O)S/C(=C\c3ccc(OCc4ccc(Cl)cc4Cl)cc3)C2=O)c1. The molecule has 1 aliphatic heterocycles. The predicted octanol–water partition coefficient (Wildman–Crippen LogP) is 7.12. The Morgan fingerprint density at radius 1 is 1.00 bits per heavy atom. The summed E-state index contributed by atoms with van der Waals surface area (Å²) in [5.41, 5.74) is 3.66. The Hall–Kier alpha value is -2.73. The minimum absolute atomic E-state index is 0.262. The van der Waals surface area contributed by atoms with Crippen LogP contribution >= 0.6 is 35.0 Å². The first-order valence-corrected chi connectivity index (χ1v) is 11.4. The van der Waals surface area contributed by atoms with E-state index >= 15 is 0 Å². The summed E-state index contributed by atoms with van der Waals surface area (Å²) >= 11 is 13.0. The number of amides is 2. The van der Waals surface area contributed by atoms with Crippen molar-refractivity contribution in [1.82, 2.24) is 4.90 Å². The van der Waals surface area contributed by atoms with Crippen molar-refractivity contribution in [1.29, 1.82) is 0 Å². The maximum atomic E-state index is 12.8. The lowest BCUT2D eigenvalue weighted by Gasteiger charge is -2.12. The molecule has 0 aromatic heterocycles. The van der Waals surface area contributed by atoms with E-state index in [1.165, 1.54) is 4.90 Å². The molecule has 0 spiro atoms. The zero-order chi connectivity index (χ0) is 22.7. The van der Waals surface area contributed by atoms with Gasteiger partial charge in [0.2, 0.25) is 0 Å². The molecule has 1 fully saturated rings. The Balaban J connectivity index is 1.41. The smallest absolute Gasteiger partial charge is 0.293 e. The van der Waals surface area contributed by atoms with Crippen molar-refractivity contribution in [3.63, 3.8) is 0 Å². The fourth-order valence-corrected chi connectivity index (χ4v) is 4.54. The van der Waals surface area contributed by atoms with Crippen molar-refractivity contribution < 1.29 is 14.3 Å². The van der Waals surface area contributed by atoms with E-state index < -0.39 is 0 Å². The average molecular weight is 484 g/mol. The van der Waals surface area contributed by atoms with Crippen LogP contribution in [-0.4, -0.2) is 16.0 Å². The van der Waals surface area contributed by atoms with Gasteiger partial charge in [0.25, 0.3) is 11.1 Å². The van der Waals surface area contributed by atoms with Crippen LogP contribution in [0.5, 0.6) is 5.75 Å². The summed E-state index contributed by atoms with van der Waals surface area (Å²) in [6.45, 7) is 2.56. The summed E-state index contributed by atoms with van der Waals surface area (Å²) in [7, 11) is 0. The molecule has 4 nitrogen and oxygen atoms in total. The third-order valence-corrected chi connectivity index (χ3v) is 6.38. The van der Waals surface area contributed by atoms with Gasteiger partial charge in [0.05, 0.1) is 11.4 Å². The molecule has 0 saturated carbocycles. The van der Waals surface area contributed by atoms with Crippen molar-refractivity contribution in [3.05, 3.63) is 104 Å². The van der Waals surface area contributed by atoms with E-state index in [-0.39, 0.29) is 17.7 Å². The minimum Gasteiger partial charge on any atom is -0.489 e. The number of aryl methyl sites for hydroxylation is 1. The molecule has 3 aromatic carbocycles. The molecule has 1 aliphatic rings. The van der Waals surface area contributed by atoms with Gasteiger partial charge in [-0.1, -0.05) is 71.2 Å². The van der Waals surface area contributed by atoms with E-state index in [1.807, 2.05) is 61.5 Å². The first-order valence-electron chi connectivity index (χ1n) is 9.87. The zero-order valence-electron chi connectivity index (χ0n) is 17.2. The van der Waals surface area contributed by atoms with Gasteiger partial charge < -0.3 is 4.74 Å². The Labute approximate surface area is 200 Å². The number of halogens is 2. The summed E-state index contributed by atoms with van der Waals surface area (Å²) in [5, 5.41) is 0.865. The van der Waals surface area contributed by atoms with E-state index in [2.05, 4.69) is 0 Å². The molecular weight excluding hydrogens is 465 g/mol. The molecule has 1 saturated heterocycles. The largest absolute Gasteiger partial charge is 0.489 e. The Kier molecular flexibility index (Phi) is 6.89. The first-order chi connectivity index (χ1) is 15.4. The normalized spacial score (nSPS) is 15.0. The molecule has 0 unspecified atom stereocenters. The summed E-state index contributed by atoms with van der Waals surface area (Å²) in [4.78, 5) is 26.8. The number of imide groups is 1. The lowest BCUT2D eigenvalue weighted by molar-refractivity contribution is -0.123. The third kappa shape index (κ3) is 5.36. The standard InChI is InChI=1S/C25H19Cl2NO3S/c1-16-3-2-4-18(11-16)14-28-24(29)23(32-25(28)30)12-17-5-9-21(10-6-17)31-15-19-7-8-20(26)13-22(19)27/h2-13H,14-15H2,1H3/b23-12-.